The van der Waals surface area contributed by atoms with Crippen LogP contribution in [0.2, 0.25) is 0 Å². The van der Waals surface area contributed by atoms with Gasteiger partial charge in [-0.05, 0) is 12.1 Å². The Labute approximate surface area is 89.8 Å². The molecule has 14 heavy (non-hydrogen) atoms. The predicted octanol–water partition coefficient (Wildman–Crippen LogP) is 2.23. The van der Waals surface area contributed by atoms with E-state index in [9.17, 15) is 4.79 Å². The number of ether oxygens (including phenoxy) is 1. The third-order valence-corrected chi connectivity index (χ3v) is 2.95. The van der Waals surface area contributed by atoms with E-state index in [-0.39, 0.29) is 12.5 Å². The van der Waals surface area contributed by atoms with Gasteiger partial charge >= 0.3 is 5.97 Å². The van der Waals surface area contributed by atoms with E-state index in [4.69, 9.17) is 9.84 Å². The molecule has 1 aliphatic rings. The van der Waals surface area contributed by atoms with E-state index >= 15 is 0 Å². The molecule has 2 rings (SSSR count). The highest BCUT2D eigenvalue weighted by Crippen LogP contribution is 2.35. The highest BCUT2D eigenvalue weighted by Gasteiger charge is 2.26. The molecule has 74 valence electrons. The molecule has 0 amide bonds. The summed E-state index contributed by atoms with van der Waals surface area (Å²) in [4.78, 5) is 10.5. The van der Waals surface area contributed by atoms with Gasteiger partial charge in [0.15, 0.2) is 0 Å². The van der Waals surface area contributed by atoms with Crippen LogP contribution in [-0.4, -0.2) is 17.2 Å². The van der Waals surface area contributed by atoms with E-state index in [0.29, 0.717) is 6.42 Å². The first-order valence-electron chi connectivity index (χ1n) is 4.32. The van der Waals surface area contributed by atoms with Crippen molar-refractivity contribution in [2.75, 3.05) is 0 Å². The Morgan fingerprint density at radius 1 is 1.64 bits per heavy atom. The Morgan fingerprint density at radius 2 is 2.43 bits per heavy atom. The predicted molar refractivity (Wildman–Crippen MR) is 54.5 cm³/mol. The van der Waals surface area contributed by atoms with Gasteiger partial charge in [-0.15, -0.1) is 0 Å². The molecule has 1 atom stereocenters. The van der Waals surface area contributed by atoms with E-state index in [2.05, 4.69) is 15.9 Å². The lowest BCUT2D eigenvalue weighted by atomic mass is 10.1. The van der Waals surface area contributed by atoms with Gasteiger partial charge in [0.05, 0.1) is 6.42 Å². The topological polar surface area (TPSA) is 46.5 Å². The van der Waals surface area contributed by atoms with E-state index in [1.165, 1.54) is 0 Å². The number of halogens is 1. The summed E-state index contributed by atoms with van der Waals surface area (Å²) < 4.78 is 6.48. The fraction of sp³-hybridized carbons (Fsp3) is 0.300. The molecule has 0 radical (unpaired) electrons. The van der Waals surface area contributed by atoms with Gasteiger partial charge in [-0.1, -0.05) is 22.0 Å². The number of rotatable bonds is 2. The van der Waals surface area contributed by atoms with Gasteiger partial charge in [0.25, 0.3) is 0 Å². The quantitative estimate of drug-likeness (QED) is 0.883. The van der Waals surface area contributed by atoms with Crippen LogP contribution in [0.5, 0.6) is 5.75 Å². The van der Waals surface area contributed by atoms with Crippen LogP contribution in [0.3, 0.4) is 0 Å². The third-order valence-electron chi connectivity index (χ3n) is 2.20. The van der Waals surface area contributed by atoms with Crippen molar-refractivity contribution in [2.45, 2.75) is 18.9 Å². The maximum atomic E-state index is 10.5. The molecule has 1 aromatic carbocycles. The van der Waals surface area contributed by atoms with E-state index in [1.807, 2.05) is 18.2 Å². The van der Waals surface area contributed by atoms with E-state index < -0.39 is 5.97 Å². The maximum Gasteiger partial charge on any atom is 0.307 e. The zero-order chi connectivity index (χ0) is 10.1. The molecule has 0 saturated carbocycles. The average molecular weight is 257 g/mol. The van der Waals surface area contributed by atoms with Gasteiger partial charge in [-0.2, -0.15) is 0 Å². The summed E-state index contributed by atoms with van der Waals surface area (Å²) in [5.41, 5.74) is 1.07. The molecule has 1 heterocycles. The van der Waals surface area contributed by atoms with Crippen molar-refractivity contribution in [2.24, 2.45) is 0 Å². The maximum absolute atomic E-state index is 10.5. The van der Waals surface area contributed by atoms with Crippen LogP contribution in [0.25, 0.3) is 0 Å². The van der Waals surface area contributed by atoms with Crippen molar-refractivity contribution in [3.63, 3.8) is 0 Å². The Kier molecular flexibility index (Phi) is 2.46. The summed E-state index contributed by atoms with van der Waals surface area (Å²) in [6, 6.07) is 5.68. The van der Waals surface area contributed by atoms with Crippen molar-refractivity contribution in [3.05, 3.63) is 28.2 Å². The summed E-state index contributed by atoms with van der Waals surface area (Å²) in [5, 5.41) is 8.63. The molecule has 0 aromatic heterocycles. The number of carbonyl (C=O) groups is 1. The minimum atomic E-state index is -0.820. The first-order chi connectivity index (χ1) is 6.66. The van der Waals surface area contributed by atoms with Crippen LogP contribution in [0.1, 0.15) is 12.0 Å². The highest BCUT2D eigenvalue weighted by molar-refractivity contribution is 9.10. The van der Waals surface area contributed by atoms with Gasteiger partial charge in [0, 0.05) is 16.5 Å². The third kappa shape index (κ3) is 1.75. The molecule has 0 saturated heterocycles. The standard InChI is InChI=1S/C10H9BrO3/c11-8-2-1-3-9-7(8)4-6(14-9)5-10(12)13/h1-3,6H,4-5H2,(H,12,13). The van der Waals surface area contributed by atoms with Gasteiger partial charge in [-0.25, -0.2) is 0 Å². The number of hydrogen-bond donors (Lipinski definition) is 1. The number of fused-ring (bicyclic) bond motifs is 1. The van der Waals surface area contributed by atoms with Gasteiger partial charge < -0.3 is 9.84 Å². The molecule has 0 spiro atoms. The lowest BCUT2D eigenvalue weighted by Gasteiger charge is -2.06. The van der Waals surface area contributed by atoms with Gasteiger partial charge in [0.2, 0.25) is 0 Å². The minimum Gasteiger partial charge on any atom is -0.489 e. The Hall–Kier alpha value is -1.03. The van der Waals surface area contributed by atoms with Crippen molar-refractivity contribution in [3.8, 4) is 5.75 Å². The average Bonchev–Trinajstić information content (AvgIpc) is 2.47. The summed E-state index contributed by atoms with van der Waals surface area (Å²) in [7, 11) is 0. The van der Waals surface area contributed by atoms with Crippen LogP contribution >= 0.6 is 15.9 Å². The molecule has 0 bridgehead atoms. The zero-order valence-electron chi connectivity index (χ0n) is 7.37. The summed E-state index contributed by atoms with van der Waals surface area (Å²) in [5.74, 6) is -0.0236. The summed E-state index contributed by atoms with van der Waals surface area (Å²) >= 11 is 3.41. The molecule has 1 aliphatic heterocycles. The van der Waals surface area contributed by atoms with Crippen LogP contribution in [-0.2, 0) is 11.2 Å². The SMILES string of the molecule is O=C(O)CC1Cc2c(Br)cccc2O1. The van der Waals surface area contributed by atoms with Crippen LogP contribution in [0.15, 0.2) is 22.7 Å². The Bertz CT molecular complexity index is 376. The molecular formula is C10H9BrO3. The highest BCUT2D eigenvalue weighted by atomic mass is 79.9. The molecule has 0 aliphatic carbocycles. The van der Waals surface area contributed by atoms with Crippen molar-refractivity contribution < 1.29 is 14.6 Å². The van der Waals surface area contributed by atoms with Gasteiger partial charge in [-0.3, -0.25) is 4.79 Å². The van der Waals surface area contributed by atoms with E-state index in [1.54, 1.807) is 0 Å². The first-order valence-corrected chi connectivity index (χ1v) is 5.12. The van der Waals surface area contributed by atoms with Crippen molar-refractivity contribution in [1.82, 2.24) is 0 Å². The van der Waals surface area contributed by atoms with Crippen LogP contribution in [0, 0.1) is 0 Å². The second-order valence-electron chi connectivity index (χ2n) is 3.26. The monoisotopic (exact) mass is 256 g/mol. The fourth-order valence-corrected chi connectivity index (χ4v) is 2.11. The van der Waals surface area contributed by atoms with Crippen molar-refractivity contribution in [1.29, 1.82) is 0 Å². The van der Waals surface area contributed by atoms with Crippen LogP contribution < -0.4 is 4.74 Å². The second kappa shape index (κ2) is 3.61. The molecule has 1 aromatic rings. The molecule has 3 nitrogen and oxygen atoms in total. The number of carboxylic acid groups (broad SMARTS) is 1. The molecular weight excluding hydrogens is 248 g/mol. The lowest BCUT2D eigenvalue weighted by molar-refractivity contribution is -0.138. The second-order valence-corrected chi connectivity index (χ2v) is 4.11. The largest absolute Gasteiger partial charge is 0.489 e. The summed E-state index contributed by atoms with van der Waals surface area (Å²) in [6.07, 6.45) is 0.505. The minimum absolute atomic E-state index is 0.0567. The zero-order valence-corrected chi connectivity index (χ0v) is 8.95. The fourth-order valence-electron chi connectivity index (χ4n) is 1.60. The molecule has 0 fully saturated rings. The normalized spacial score (nSPS) is 18.8. The van der Waals surface area contributed by atoms with Gasteiger partial charge in [0.1, 0.15) is 11.9 Å². The Morgan fingerprint density at radius 3 is 3.07 bits per heavy atom. The molecule has 1 unspecified atom stereocenters. The lowest BCUT2D eigenvalue weighted by Crippen LogP contribution is -2.17. The summed E-state index contributed by atoms with van der Waals surface area (Å²) in [6.45, 7) is 0. The number of aliphatic carboxylic acids is 1. The van der Waals surface area contributed by atoms with Crippen molar-refractivity contribution >= 4 is 21.9 Å². The molecule has 1 N–H and O–H groups in total. The number of hydrogen-bond acceptors (Lipinski definition) is 2. The Balaban J connectivity index is 2.18. The molecule has 4 heteroatoms. The number of carboxylic acids is 1. The first kappa shape index (κ1) is 9.52. The smallest absolute Gasteiger partial charge is 0.307 e. The van der Waals surface area contributed by atoms with Crippen LogP contribution in [0.4, 0.5) is 0 Å². The van der Waals surface area contributed by atoms with E-state index in [0.717, 1.165) is 15.8 Å². The number of benzene rings is 1.